The highest BCUT2D eigenvalue weighted by molar-refractivity contribution is 6.08. The number of alkyl halides is 6. The molecule has 3 aromatic rings. The molecule has 1 aromatic carbocycles. The highest BCUT2D eigenvalue weighted by atomic mass is 19.4. The number of rotatable bonds is 4. The van der Waals surface area contributed by atoms with Crippen LogP contribution in [0.2, 0.25) is 0 Å². The zero-order valence-electron chi connectivity index (χ0n) is 16.6. The van der Waals surface area contributed by atoms with Gasteiger partial charge in [0.25, 0.3) is 5.91 Å². The van der Waals surface area contributed by atoms with E-state index >= 15 is 0 Å². The van der Waals surface area contributed by atoms with Crippen LogP contribution in [0.25, 0.3) is 11.1 Å². The van der Waals surface area contributed by atoms with E-state index in [0.29, 0.717) is 23.3 Å². The molecule has 0 fully saturated rings. The number of halogens is 6. The lowest BCUT2D eigenvalue weighted by Crippen LogP contribution is -2.28. The Morgan fingerprint density at radius 3 is 2.12 bits per heavy atom. The van der Waals surface area contributed by atoms with Crippen LogP contribution in [-0.2, 0) is 12.4 Å². The molecule has 0 aliphatic rings. The van der Waals surface area contributed by atoms with Crippen molar-refractivity contribution in [3.05, 3.63) is 71.7 Å². The number of nitrogens with zero attached hydrogens (tertiary/aromatic N) is 3. The summed E-state index contributed by atoms with van der Waals surface area (Å²) in [5, 5.41) is 0. The van der Waals surface area contributed by atoms with Gasteiger partial charge in [-0.2, -0.15) is 26.3 Å². The van der Waals surface area contributed by atoms with Crippen molar-refractivity contribution in [2.45, 2.75) is 12.4 Å². The van der Waals surface area contributed by atoms with Gasteiger partial charge in [0.05, 0.1) is 30.1 Å². The smallest absolute Gasteiger partial charge is 0.416 e. The fraction of sp³-hybridized carbons (Fsp3) is 0.190. The predicted molar refractivity (Wildman–Crippen MR) is 103 cm³/mol. The van der Waals surface area contributed by atoms with Crippen molar-refractivity contribution in [1.29, 1.82) is 0 Å². The Balaban J connectivity index is 2.11. The fourth-order valence-corrected chi connectivity index (χ4v) is 3.02. The number of methoxy groups -OCH3 is 1. The molecule has 0 bridgehead atoms. The third-order valence-corrected chi connectivity index (χ3v) is 4.56. The second-order valence-electron chi connectivity index (χ2n) is 6.61. The van der Waals surface area contributed by atoms with E-state index in [2.05, 4.69) is 9.97 Å². The van der Waals surface area contributed by atoms with Crippen LogP contribution in [0, 0.1) is 0 Å². The molecule has 0 radical (unpaired) electrons. The number of anilines is 1. The Morgan fingerprint density at radius 1 is 0.938 bits per heavy atom. The molecule has 0 N–H and O–H groups in total. The number of pyridine rings is 2. The van der Waals surface area contributed by atoms with Gasteiger partial charge in [-0.05, 0) is 36.4 Å². The van der Waals surface area contributed by atoms with Gasteiger partial charge in [0.15, 0.2) is 0 Å². The fourth-order valence-electron chi connectivity index (χ4n) is 3.02. The van der Waals surface area contributed by atoms with Crippen LogP contribution in [0.4, 0.5) is 32.0 Å². The summed E-state index contributed by atoms with van der Waals surface area (Å²) in [5.41, 5.74) is -2.96. The molecular weight excluding hydrogens is 440 g/mol. The summed E-state index contributed by atoms with van der Waals surface area (Å²) < 4.78 is 84.2. The Morgan fingerprint density at radius 2 is 1.56 bits per heavy atom. The maximum Gasteiger partial charge on any atom is 0.416 e. The molecule has 0 saturated carbocycles. The van der Waals surface area contributed by atoms with E-state index in [0.717, 1.165) is 4.90 Å². The lowest BCUT2D eigenvalue weighted by atomic mass is 10.0. The van der Waals surface area contributed by atoms with Crippen LogP contribution < -0.4 is 9.64 Å². The van der Waals surface area contributed by atoms with E-state index < -0.39 is 35.0 Å². The summed E-state index contributed by atoms with van der Waals surface area (Å²) in [6.07, 6.45) is -6.00. The number of aromatic nitrogens is 2. The van der Waals surface area contributed by atoms with Crippen molar-refractivity contribution in [3.8, 4) is 17.0 Å². The number of benzene rings is 1. The topological polar surface area (TPSA) is 55.3 Å². The molecule has 168 valence electrons. The summed E-state index contributed by atoms with van der Waals surface area (Å²) in [4.78, 5) is 21.9. The molecule has 0 saturated heterocycles. The Hall–Kier alpha value is -3.63. The minimum absolute atomic E-state index is 0.0349. The van der Waals surface area contributed by atoms with E-state index in [1.807, 2.05) is 0 Å². The van der Waals surface area contributed by atoms with Crippen molar-refractivity contribution < 1.29 is 35.9 Å². The average Bonchev–Trinajstić information content (AvgIpc) is 2.76. The first kappa shape index (κ1) is 23.0. The molecule has 11 heteroatoms. The van der Waals surface area contributed by atoms with E-state index in [-0.39, 0.29) is 17.6 Å². The van der Waals surface area contributed by atoms with Gasteiger partial charge >= 0.3 is 12.4 Å². The van der Waals surface area contributed by atoms with Crippen LogP contribution in [-0.4, -0.2) is 30.0 Å². The zero-order chi connectivity index (χ0) is 23.7. The summed E-state index contributed by atoms with van der Waals surface area (Å²) in [5.74, 6) is -0.877. The maximum absolute atomic E-state index is 13.2. The molecule has 5 nitrogen and oxygen atoms in total. The average molecular weight is 455 g/mol. The highest BCUT2D eigenvalue weighted by Gasteiger charge is 2.38. The van der Waals surface area contributed by atoms with Crippen LogP contribution in [0.1, 0.15) is 21.5 Å². The van der Waals surface area contributed by atoms with Gasteiger partial charge in [-0.15, -0.1) is 0 Å². The van der Waals surface area contributed by atoms with Crippen molar-refractivity contribution in [2.75, 3.05) is 19.1 Å². The SMILES string of the molecule is COc1ncccc1-c1ccncc1N(C)C(=O)c1cc(C(F)(F)F)cc(C(F)(F)F)c1. The number of ether oxygens (including phenoxy) is 1. The van der Waals surface area contributed by atoms with Crippen molar-refractivity contribution in [3.63, 3.8) is 0 Å². The Kier molecular flexibility index (Phi) is 6.11. The van der Waals surface area contributed by atoms with Gasteiger partial charge in [-0.3, -0.25) is 9.78 Å². The molecule has 1 amide bonds. The first-order valence-corrected chi connectivity index (χ1v) is 8.94. The van der Waals surface area contributed by atoms with Gasteiger partial charge < -0.3 is 9.64 Å². The molecule has 0 atom stereocenters. The van der Waals surface area contributed by atoms with Crippen molar-refractivity contribution >= 4 is 11.6 Å². The molecule has 32 heavy (non-hydrogen) atoms. The normalized spacial score (nSPS) is 11.9. The standard InChI is InChI=1S/C21H15F6N3O2/c1-30(17-11-28-7-5-15(17)16-4-3-6-29-18(16)32-2)19(31)12-8-13(20(22,23)24)10-14(9-12)21(25,26)27/h3-11H,1-2H3. The van der Waals surface area contributed by atoms with Crippen LogP contribution >= 0.6 is 0 Å². The van der Waals surface area contributed by atoms with E-state index in [1.165, 1.54) is 38.8 Å². The molecule has 2 aromatic heterocycles. The summed E-state index contributed by atoms with van der Waals surface area (Å²) in [7, 11) is 2.60. The lowest BCUT2D eigenvalue weighted by molar-refractivity contribution is -0.143. The van der Waals surface area contributed by atoms with Gasteiger partial charge in [0, 0.05) is 36.1 Å². The molecule has 0 aliphatic carbocycles. The monoisotopic (exact) mass is 455 g/mol. The zero-order valence-corrected chi connectivity index (χ0v) is 16.6. The Bertz CT molecular complexity index is 1110. The summed E-state index contributed by atoms with van der Waals surface area (Å²) in [6, 6.07) is 5.49. The van der Waals surface area contributed by atoms with Gasteiger partial charge in [-0.25, -0.2) is 4.98 Å². The van der Waals surface area contributed by atoms with Crippen LogP contribution in [0.15, 0.2) is 55.0 Å². The van der Waals surface area contributed by atoms with Crippen molar-refractivity contribution in [1.82, 2.24) is 9.97 Å². The van der Waals surface area contributed by atoms with Gasteiger partial charge in [-0.1, -0.05) is 0 Å². The molecule has 0 unspecified atom stereocenters. The first-order valence-electron chi connectivity index (χ1n) is 8.94. The Labute approximate surface area is 178 Å². The molecule has 0 aliphatic heterocycles. The highest BCUT2D eigenvalue weighted by Crippen LogP contribution is 2.38. The summed E-state index contributed by atoms with van der Waals surface area (Å²) >= 11 is 0. The molecule has 3 rings (SSSR count). The molecule has 2 heterocycles. The van der Waals surface area contributed by atoms with E-state index in [1.54, 1.807) is 12.1 Å². The number of carbonyl (C=O) groups excluding carboxylic acids is 1. The number of hydrogen-bond donors (Lipinski definition) is 0. The first-order chi connectivity index (χ1) is 14.9. The van der Waals surface area contributed by atoms with E-state index in [9.17, 15) is 31.1 Å². The quantitative estimate of drug-likeness (QED) is 0.490. The van der Waals surface area contributed by atoms with E-state index in [4.69, 9.17) is 4.74 Å². The maximum atomic E-state index is 13.2. The second-order valence-corrected chi connectivity index (χ2v) is 6.61. The number of carbonyl (C=O) groups is 1. The largest absolute Gasteiger partial charge is 0.481 e. The van der Waals surface area contributed by atoms with Gasteiger partial charge in [0.2, 0.25) is 5.88 Å². The number of amides is 1. The minimum Gasteiger partial charge on any atom is -0.481 e. The van der Waals surface area contributed by atoms with Crippen molar-refractivity contribution in [2.24, 2.45) is 0 Å². The second kappa shape index (κ2) is 8.48. The third-order valence-electron chi connectivity index (χ3n) is 4.56. The van der Waals surface area contributed by atoms with Crippen LogP contribution in [0.5, 0.6) is 5.88 Å². The minimum atomic E-state index is -5.07. The van der Waals surface area contributed by atoms with Crippen LogP contribution in [0.3, 0.4) is 0 Å². The predicted octanol–water partition coefficient (Wildman–Crippen LogP) is 5.47. The molecular formula is C21H15F6N3O2. The molecule has 0 spiro atoms. The number of hydrogen-bond acceptors (Lipinski definition) is 4. The summed E-state index contributed by atoms with van der Waals surface area (Å²) in [6.45, 7) is 0. The lowest BCUT2D eigenvalue weighted by Gasteiger charge is -2.22. The third kappa shape index (κ3) is 4.66. The van der Waals surface area contributed by atoms with Gasteiger partial charge in [0.1, 0.15) is 0 Å².